The molecule has 1 aromatic carbocycles. The van der Waals surface area contributed by atoms with Gasteiger partial charge in [-0.15, -0.1) is 0 Å². The van der Waals surface area contributed by atoms with Gasteiger partial charge < -0.3 is 9.51 Å². The van der Waals surface area contributed by atoms with Crippen molar-refractivity contribution >= 4 is 0 Å². The lowest BCUT2D eigenvalue weighted by molar-refractivity contribution is 0.210. The molecule has 1 aliphatic heterocycles. The van der Waals surface area contributed by atoms with Crippen LogP contribution in [0.25, 0.3) is 11.4 Å². The van der Waals surface area contributed by atoms with Gasteiger partial charge in [0, 0.05) is 17.5 Å². The fraction of sp³-hybridized carbons (Fsp3) is 0.333. The molecule has 5 nitrogen and oxygen atoms in total. The Morgan fingerprint density at radius 1 is 1.30 bits per heavy atom. The zero-order chi connectivity index (χ0) is 15.6. The Morgan fingerprint density at radius 2 is 2.26 bits per heavy atom. The van der Waals surface area contributed by atoms with Crippen molar-refractivity contribution in [3.63, 3.8) is 0 Å². The van der Waals surface area contributed by atoms with Gasteiger partial charge in [-0.2, -0.15) is 4.98 Å². The van der Waals surface area contributed by atoms with E-state index in [0.717, 1.165) is 12.1 Å². The number of aryl methyl sites for hydroxylation is 1. The van der Waals surface area contributed by atoms with Gasteiger partial charge in [0.05, 0.1) is 12.6 Å². The Labute approximate surface area is 135 Å². The first kappa shape index (κ1) is 14.2. The second kappa shape index (κ2) is 6.01. The maximum Gasteiger partial charge on any atom is 0.241 e. The summed E-state index contributed by atoms with van der Waals surface area (Å²) in [6, 6.07) is 12.8. The molecular weight excluding hydrogens is 288 g/mol. The number of H-pyrrole nitrogens is 1. The van der Waals surface area contributed by atoms with E-state index in [1.165, 1.54) is 24.1 Å². The lowest BCUT2D eigenvalue weighted by atomic mass is 10.1. The highest BCUT2D eigenvalue weighted by molar-refractivity contribution is 5.55. The minimum Gasteiger partial charge on any atom is -0.364 e. The highest BCUT2D eigenvalue weighted by Gasteiger charge is 2.28. The molecule has 5 heteroatoms. The van der Waals surface area contributed by atoms with Crippen LogP contribution in [0.1, 0.15) is 36.0 Å². The maximum atomic E-state index is 5.47. The molecule has 0 radical (unpaired) electrons. The summed E-state index contributed by atoms with van der Waals surface area (Å²) in [6.45, 7) is 3.82. The van der Waals surface area contributed by atoms with Crippen LogP contribution in [-0.4, -0.2) is 26.6 Å². The van der Waals surface area contributed by atoms with Crippen molar-refractivity contribution in [3.05, 3.63) is 59.7 Å². The van der Waals surface area contributed by atoms with E-state index in [0.29, 0.717) is 24.3 Å². The minimum atomic E-state index is 0.416. The van der Waals surface area contributed by atoms with Gasteiger partial charge in [0.2, 0.25) is 11.7 Å². The molecule has 1 saturated heterocycles. The van der Waals surface area contributed by atoms with Crippen LogP contribution >= 0.6 is 0 Å². The van der Waals surface area contributed by atoms with Crippen molar-refractivity contribution in [2.24, 2.45) is 0 Å². The van der Waals surface area contributed by atoms with Crippen molar-refractivity contribution in [2.75, 3.05) is 6.54 Å². The number of aromatic nitrogens is 3. The van der Waals surface area contributed by atoms with Crippen molar-refractivity contribution < 1.29 is 4.52 Å². The number of nitrogens with zero attached hydrogens (tertiary/aromatic N) is 3. The summed E-state index contributed by atoms with van der Waals surface area (Å²) >= 11 is 0. The Hall–Kier alpha value is -2.40. The largest absolute Gasteiger partial charge is 0.364 e. The van der Waals surface area contributed by atoms with Crippen molar-refractivity contribution in [2.45, 2.75) is 32.4 Å². The van der Waals surface area contributed by atoms with E-state index in [2.05, 4.69) is 45.1 Å². The third-order valence-corrected chi connectivity index (χ3v) is 4.43. The highest BCUT2D eigenvalue weighted by Crippen LogP contribution is 2.32. The average Bonchev–Trinajstić information content (AvgIpc) is 3.29. The number of hydrogen-bond acceptors (Lipinski definition) is 4. The summed E-state index contributed by atoms with van der Waals surface area (Å²) in [5.74, 6) is 1.35. The SMILES string of the molecule is Cc1cccc(-c2noc(CN3CCC[C@@H]3c3ccc[nH]3)n2)c1. The van der Waals surface area contributed by atoms with E-state index in [9.17, 15) is 0 Å². The van der Waals surface area contributed by atoms with E-state index in [-0.39, 0.29) is 0 Å². The fourth-order valence-corrected chi connectivity index (χ4v) is 3.31. The van der Waals surface area contributed by atoms with Crippen LogP contribution in [0.15, 0.2) is 47.1 Å². The number of hydrogen-bond donors (Lipinski definition) is 1. The van der Waals surface area contributed by atoms with Crippen molar-refractivity contribution in [1.82, 2.24) is 20.0 Å². The Kier molecular flexibility index (Phi) is 3.71. The smallest absolute Gasteiger partial charge is 0.241 e. The summed E-state index contributed by atoms with van der Waals surface area (Å²) in [5.41, 5.74) is 3.46. The summed E-state index contributed by atoms with van der Waals surface area (Å²) in [6.07, 6.45) is 4.34. The van der Waals surface area contributed by atoms with Crippen LogP contribution in [0.3, 0.4) is 0 Å². The first-order valence-corrected chi connectivity index (χ1v) is 8.06. The molecule has 2 aromatic heterocycles. The van der Waals surface area contributed by atoms with Gasteiger partial charge >= 0.3 is 0 Å². The van der Waals surface area contributed by atoms with Gasteiger partial charge in [0.15, 0.2) is 0 Å². The van der Waals surface area contributed by atoms with Crippen LogP contribution < -0.4 is 0 Å². The van der Waals surface area contributed by atoms with E-state index < -0.39 is 0 Å². The molecule has 1 aliphatic rings. The molecule has 0 aliphatic carbocycles. The van der Waals surface area contributed by atoms with Crippen LogP contribution in [0.5, 0.6) is 0 Å². The van der Waals surface area contributed by atoms with Crippen LogP contribution in [0, 0.1) is 6.92 Å². The molecule has 0 saturated carbocycles. The average molecular weight is 308 g/mol. The second-order valence-corrected chi connectivity index (χ2v) is 6.14. The quantitative estimate of drug-likeness (QED) is 0.798. The van der Waals surface area contributed by atoms with Crippen molar-refractivity contribution in [3.8, 4) is 11.4 Å². The van der Waals surface area contributed by atoms with Gasteiger partial charge in [0.25, 0.3) is 0 Å². The molecule has 0 unspecified atom stereocenters. The standard InChI is InChI=1S/C18H20N4O/c1-13-5-2-6-14(11-13)18-20-17(23-21-18)12-22-10-4-8-16(22)15-7-3-9-19-15/h2-3,5-7,9,11,16,19H,4,8,10,12H2,1H3/t16-/m1/s1. The summed E-state index contributed by atoms with van der Waals surface area (Å²) in [4.78, 5) is 10.3. The van der Waals surface area contributed by atoms with Gasteiger partial charge in [-0.05, 0) is 44.5 Å². The molecular formula is C18H20N4O. The molecule has 23 heavy (non-hydrogen) atoms. The molecule has 3 aromatic rings. The van der Waals surface area contributed by atoms with E-state index in [1.807, 2.05) is 24.4 Å². The lowest BCUT2D eigenvalue weighted by Crippen LogP contribution is -2.23. The van der Waals surface area contributed by atoms with Gasteiger partial charge in [-0.25, -0.2) is 0 Å². The highest BCUT2D eigenvalue weighted by atomic mass is 16.5. The molecule has 118 valence electrons. The number of benzene rings is 1. The third kappa shape index (κ3) is 2.92. The van der Waals surface area contributed by atoms with Crippen LogP contribution in [0.2, 0.25) is 0 Å². The van der Waals surface area contributed by atoms with E-state index in [1.54, 1.807) is 0 Å². The fourth-order valence-electron chi connectivity index (χ4n) is 3.31. The summed E-state index contributed by atoms with van der Waals surface area (Å²) < 4.78 is 5.47. The minimum absolute atomic E-state index is 0.416. The Morgan fingerprint density at radius 3 is 3.09 bits per heavy atom. The molecule has 0 spiro atoms. The first-order valence-electron chi connectivity index (χ1n) is 8.06. The summed E-state index contributed by atoms with van der Waals surface area (Å²) in [7, 11) is 0. The number of nitrogens with one attached hydrogen (secondary N) is 1. The number of aromatic amines is 1. The normalized spacial score (nSPS) is 18.6. The van der Waals surface area contributed by atoms with Gasteiger partial charge in [-0.3, -0.25) is 4.90 Å². The predicted octanol–water partition coefficient (Wildman–Crippen LogP) is 3.71. The van der Waals surface area contributed by atoms with Gasteiger partial charge in [-0.1, -0.05) is 28.9 Å². The zero-order valence-corrected chi connectivity index (χ0v) is 13.2. The Bertz CT molecular complexity index is 778. The molecule has 1 N–H and O–H groups in total. The number of rotatable bonds is 4. The third-order valence-electron chi connectivity index (χ3n) is 4.43. The first-order chi connectivity index (χ1) is 11.3. The van der Waals surface area contributed by atoms with E-state index in [4.69, 9.17) is 4.52 Å². The lowest BCUT2D eigenvalue weighted by Gasteiger charge is -2.21. The van der Waals surface area contributed by atoms with E-state index >= 15 is 0 Å². The molecule has 0 bridgehead atoms. The Balaban J connectivity index is 1.51. The molecule has 1 fully saturated rings. The van der Waals surface area contributed by atoms with Crippen LogP contribution in [-0.2, 0) is 6.54 Å². The monoisotopic (exact) mass is 308 g/mol. The van der Waals surface area contributed by atoms with Crippen LogP contribution in [0.4, 0.5) is 0 Å². The molecule has 3 heterocycles. The topological polar surface area (TPSA) is 58.0 Å². The second-order valence-electron chi connectivity index (χ2n) is 6.14. The summed E-state index contributed by atoms with van der Waals surface area (Å²) in [5, 5.41) is 4.14. The predicted molar refractivity (Wildman–Crippen MR) is 87.6 cm³/mol. The molecule has 4 rings (SSSR count). The molecule has 0 amide bonds. The maximum absolute atomic E-state index is 5.47. The van der Waals surface area contributed by atoms with Crippen molar-refractivity contribution in [1.29, 1.82) is 0 Å². The van der Waals surface area contributed by atoms with Gasteiger partial charge in [0.1, 0.15) is 0 Å². The number of likely N-dealkylation sites (tertiary alicyclic amines) is 1. The molecule has 1 atom stereocenters. The zero-order valence-electron chi connectivity index (χ0n) is 13.2.